The van der Waals surface area contributed by atoms with Crippen LogP contribution in [0.15, 0.2) is 59.6 Å². The third-order valence-corrected chi connectivity index (χ3v) is 8.52. The van der Waals surface area contributed by atoms with Crippen molar-refractivity contribution in [1.29, 1.82) is 0 Å². The number of alkyl halides is 3. The Hall–Kier alpha value is -3.55. The molecule has 1 atom stereocenters. The first-order valence-electron chi connectivity index (χ1n) is 13.5. The summed E-state index contributed by atoms with van der Waals surface area (Å²) in [6.07, 6.45) is -2.90. The van der Waals surface area contributed by atoms with Gasteiger partial charge in [0.05, 0.1) is 36.3 Å². The van der Waals surface area contributed by atoms with Gasteiger partial charge in [0, 0.05) is 49.0 Å². The summed E-state index contributed by atoms with van der Waals surface area (Å²) in [4.78, 5) is 19.7. The minimum absolute atomic E-state index is 0.0858. The highest BCUT2D eigenvalue weighted by molar-refractivity contribution is 7.92. The minimum atomic E-state index is -4.72. The van der Waals surface area contributed by atoms with Crippen LogP contribution < -0.4 is 14.4 Å². The van der Waals surface area contributed by atoms with Gasteiger partial charge in [-0.05, 0) is 61.9 Å². The van der Waals surface area contributed by atoms with E-state index in [0.717, 1.165) is 18.2 Å². The van der Waals surface area contributed by atoms with E-state index in [0.29, 0.717) is 66.6 Å². The van der Waals surface area contributed by atoms with Gasteiger partial charge < -0.3 is 14.4 Å². The summed E-state index contributed by atoms with van der Waals surface area (Å²) in [5.41, 5.74) is 0.123. The third-order valence-electron chi connectivity index (χ3n) is 6.94. The van der Waals surface area contributed by atoms with Crippen molar-refractivity contribution in [1.82, 2.24) is 9.88 Å². The molecule has 0 amide bonds. The van der Waals surface area contributed by atoms with Crippen LogP contribution in [0.25, 0.3) is 11.1 Å². The molecule has 2 heterocycles. The maximum Gasteiger partial charge on any atom is 0.416 e. The van der Waals surface area contributed by atoms with Crippen LogP contribution in [0, 0.1) is 0 Å². The van der Waals surface area contributed by atoms with Crippen molar-refractivity contribution in [2.75, 3.05) is 49.5 Å². The van der Waals surface area contributed by atoms with Gasteiger partial charge in [0.2, 0.25) is 0 Å². The number of ether oxygens (including phenoxy) is 2. The number of anilines is 2. The van der Waals surface area contributed by atoms with Crippen molar-refractivity contribution < 1.29 is 35.9 Å². The van der Waals surface area contributed by atoms with Gasteiger partial charge in [-0.1, -0.05) is 17.7 Å². The molecular weight excluding hydrogens is 609 g/mol. The number of aromatic nitrogens is 1. The summed E-state index contributed by atoms with van der Waals surface area (Å²) < 4.78 is 79.8. The molecule has 1 aliphatic heterocycles. The molecular formula is C29H32ClF3N4O5S. The lowest BCUT2D eigenvalue weighted by Gasteiger charge is -2.41. The second-order valence-electron chi connectivity index (χ2n) is 10.0. The molecule has 2 aromatic carbocycles. The molecule has 0 radical (unpaired) electrons. The molecule has 3 aromatic rings. The van der Waals surface area contributed by atoms with E-state index in [2.05, 4.69) is 14.6 Å². The van der Waals surface area contributed by atoms with E-state index < -0.39 is 26.7 Å². The molecule has 1 N–H and O–H groups in total. The number of halogens is 4. The zero-order valence-corrected chi connectivity index (χ0v) is 25.4. The molecule has 1 fully saturated rings. The van der Waals surface area contributed by atoms with Gasteiger partial charge in [-0.25, -0.2) is 13.4 Å². The lowest BCUT2D eigenvalue weighted by atomic mass is 10.1. The molecule has 9 nitrogen and oxygen atoms in total. The number of sulfonamides is 1. The monoisotopic (exact) mass is 640 g/mol. The van der Waals surface area contributed by atoms with Crippen molar-refractivity contribution in [3.8, 4) is 16.9 Å². The zero-order valence-electron chi connectivity index (χ0n) is 23.8. The molecule has 4 rings (SSSR count). The molecule has 43 heavy (non-hydrogen) atoms. The van der Waals surface area contributed by atoms with E-state index in [9.17, 15) is 26.4 Å². The molecule has 14 heteroatoms. The fourth-order valence-electron chi connectivity index (χ4n) is 4.84. The van der Waals surface area contributed by atoms with E-state index >= 15 is 0 Å². The third kappa shape index (κ3) is 8.09. The number of carbonyl (C=O) groups is 1. The summed E-state index contributed by atoms with van der Waals surface area (Å²) in [6, 6.07) is 10.0. The highest BCUT2D eigenvalue weighted by Crippen LogP contribution is 2.36. The summed E-state index contributed by atoms with van der Waals surface area (Å²) in [5.74, 6) is 0.510. The maximum atomic E-state index is 13.5. The number of benzene rings is 2. The minimum Gasteiger partial charge on any atom is -0.494 e. The number of pyridine rings is 1. The van der Waals surface area contributed by atoms with Crippen LogP contribution in [0.5, 0.6) is 5.75 Å². The molecule has 1 aliphatic rings. The van der Waals surface area contributed by atoms with Crippen LogP contribution in [0.2, 0.25) is 5.02 Å². The SMILES string of the molecule is CCOc1cc(Cl)cc(-c2cnc(N3CCN(CCC(=O)OC)C[C@H]3C)c(NS(=O)(=O)c3cccc(C(F)(F)F)c3)c2)c1. The largest absolute Gasteiger partial charge is 0.494 e. The molecule has 0 spiro atoms. The van der Waals surface area contributed by atoms with Crippen LogP contribution in [-0.4, -0.2) is 70.2 Å². The van der Waals surface area contributed by atoms with Crippen LogP contribution in [0.3, 0.4) is 0 Å². The summed E-state index contributed by atoms with van der Waals surface area (Å²) in [6.45, 7) is 6.26. The van der Waals surface area contributed by atoms with Crippen molar-refractivity contribution in [3.63, 3.8) is 0 Å². The topological polar surface area (TPSA) is 101 Å². The van der Waals surface area contributed by atoms with E-state index in [1.807, 2.05) is 18.7 Å². The summed E-state index contributed by atoms with van der Waals surface area (Å²) in [7, 11) is -3.13. The van der Waals surface area contributed by atoms with Gasteiger partial charge in [-0.15, -0.1) is 0 Å². The number of methoxy groups -OCH3 is 1. The highest BCUT2D eigenvalue weighted by Gasteiger charge is 2.33. The smallest absolute Gasteiger partial charge is 0.416 e. The van der Waals surface area contributed by atoms with Crippen LogP contribution in [-0.2, 0) is 25.7 Å². The van der Waals surface area contributed by atoms with Crippen LogP contribution in [0.1, 0.15) is 25.8 Å². The van der Waals surface area contributed by atoms with Crippen LogP contribution in [0.4, 0.5) is 24.7 Å². The Morgan fingerprint density at radius 3 is 2.58 bits per heavy atom. The number of rotatable bonds is 10. The van der Waals surface area contributed by atoms with Crippen molar-refractivity contribution in [2.24, 2.45) is 0 Å². The second kappa shape index (κ2) is 13.4. The van der Waals surface area contributed by atoms with E-state index in [1.165, 1.54) is 7.11 Å². The van der Waals surface area contributed by atoms with E-state index in [1.54, 1.807) is 30.5 Å². The zero-order chi connectivity index (χ0) is 31.4. The fraction of sp³-hybridized carbons (Fsp3) is 0.379. The Bertz CT molecular complexity index is 1570. The Labute approximate surface area is 253 Å². The molecule has 0 aliphatic carbocycles. The molecule has 0 saturated carbocycles. The molecule has 0 bridgehead atoms. The van der Waals surface area contributed by atoms with Crippen molar-refractivity contribution >= 4 is 39.1 Å². The predicted octanol–water partition coefficient (Wildman–Crippen LogP) is 5.69. The predicted molar refractivity (Wildman–Crippen MR) is 158 cm³/mol. The van der Waals surface area contributed by atoms with Gasteiger partial charge in [0.1, 0.15) is 5.75 Å². The molecule has 1 saturated heterocycles. The summed E-state index contributed by atoms with van der Waals surface area (Å²) in [5, 5.41) is 0.396. The standard InChI is InChI=1S/C29H32ClF3N4O5S/c1-4-42-24-13-20(12-23(30)16-24)21-14-26(35-43(39,40)25-7-5-6-22(15-25)29(31,32)33)28(34-17-21)37-11-10-36(18-19(37)2)9-8-27(38)41-3/h5-7,12-17,19,35H,4,8-11,18H2,1-3H3/t19-/m1/s1. The first-order valence-corrected chi connectivity index (χ1v) is 15.4. The van der Waals surface area contributed by atoms with Crippen molar-refractivity contribution in [3.05, 3.63) is 65.3 Å². The Morgan fingerprint density at radius 2 is 1.91 bits per heavy atom. The number of nitrogens with one attached hydrogen (secondary N) is 1. The number of esters is 1. The van der Waals surface area contributed by atoms with Gasteiger partial charge in [0.25, 0.3) is 10.0 Å². The second-order valence-corrected chi connectivity index (χ2v) is 12.1. The lowest BCUT2D eigenvalue weighted by Crippen LogP contribution is -2.52. The van der Waals surface area contributed by atoms with Crippen LogP contribution >= 0.6 is 11.6 Å². The highest BCUT2D eigenvalue weighted by atomic mass is 35.5. The number of piperazine rings is 1. The average molecular weight is 641 g/mol. The quantitative estimate of drug-likeness (QED) is 0.282. The first-order chi connectivity index (χ1) is 20.3. The molecule has 1 aromatic heterocycles. The number of hydrogen-bond acceptors (Lipinski definition) is 8. The number of nitrogens with zero attached hydrogens (tertiary/aromatic N) is 3. The Kier molecular flexibility index (Phi) is 10.1. The van der Waals surface area contributed by atoms with E-state index in [-0.39, 0.29) is 24.1 Å². The van der Waals surface area contributed by atoms with E-state index in [4.69, 9.17) is 21.1 Å². The Morgan fingerprint density at radius 1 is 1.14 bits per heavy atom. The van der Waals surface area contributed by atoms with Crippen molar-refractivity contribution in [2.45, 2.75) is 37.4 Å². The van der Waals surface area contributed by atoms with Gasteiger partial charge >= 0.3 is 12.1 Å². The molecule has 0 unspecified atom stereocenters. The molecule has 232 valence electrons. The van der Waals surface area contributed by atoms with Gasteiger partial charge in [-0.3, -0.25) is 14.4 Å². The lowest BCUT2D eigenvalue weighted by molar-refractivity contribution is -0.141. The normalized spacial score (nSPS) is 16.2. The fourth-order valence-corrected chi connectivity index (χ4v) is 6.17. The van der Waals surface area contributed by atoms with Gasteiger partial charge in [-0.2, -0.15) is 13.2 Å². The first kappa shape index (κ1) is 32.4. The summed E-state index contributed by atoms with van der Waals surface area (Å²) >= 11 is 6.31. The number of carbonyl (C=O) groups excluding carboxylic acids is 1. The number of hydrogen-bond donors (Lipinski definition) is 1. The average Bonchev–Trinajstić information content (AvgIpc) is 2.95. The maximum absolute atomic E-state index is 13.5. The Balaban J connectivity index is 1.72. The van der Waals surface area contributed by atoms with Gasteiger partial charge in [0.15, 0.2) is 5.82 Å².